The van der Waals surface area contributed by atoms with E-state index < -0.39 is 11.8 Å². The number of carboxylic acids is 1. The molecule has 246 valence electrons. The van der Waals surface area contributed by atoms with Crippen molar-refractivity contribution in [3.63, 3.8) is 0 Å². The molecule has 2 amide bonds. The van der Waals surface area contributed by atoms with Gasteiger partial charge in [0.1, 0.15) is 5.82 Å². The molecule has 46 heavy (non-hydrogen) atoms. The fourth-order valence-corrected chi connectivity index (χ4v) is 8.13. The van der Waals surface area contributed by atoms with E-state index in [2.05, 4.69) is 22.2 Å². The molecule has 1 aromatic heterocycles. The van der Waals surface area contributed by atoms with Crippen LogP contribution < -0.4 is 5.32 Å². The van der Waals surface area contributed by atoms with Gasteiger partial charge in [-0.05, 0) is 62.9 Å². The Bertz CT molecular complexity index is 1590. The second kappa shape index (κ2) is 14.4. The van der Waals surface area contributed by atoms with Crippen molar-refractivity contribution < 1.29 is 28.6 Å². The third-order valence-corrected chi connectivity index (χ3v) is 11.0. The molecule has 3 heterocycles. The molecule has 2 aliphatic heterocycles. The van der Waals surface area contributed by atoms with Crippen LogP contribution in [0.25, 0.3) is 10.1 Å². The normalized spacial score (nSPS) is 24.4. The van der Waals surface area contributed by atoms with Gasteiger partial charge >= 0.3 is 5.97 Å². The molecule has 0 spiro atoms. The van der Waals surface area contributed by atoms with Crippen LogP contribution in [0.2, 0.25) is 5.02 Å². The fourth-order valence-electron chi connectivity index (χ4n) is 6.96. The van der Waals surface area contributed by atoms with Gasteiger partial charge in [-0.2, -0.15) is 0 Å². The Kier molecular flexibility index (Phi) is 10.2. The predicted octanol–water partition coefficient (Wildman–Crippen LogP) is 5.37. The number of rotatable bonds is 9. The van der Waals surface area contributed by atoms with E-state index in [0.717, 1.165) is 42.7 Å². The molecule has 0 radical (unpaired) electrons. The third kappa shape index (κ3) is 7.39. The Morgan fingerprint density at radius 1 is 1.09 bits per heavy atom. The number of thiophene rings is 1. The molecule has 2 aromatic carbocycles. The van der Waals surface area contributed by atoms with Crippen molar-refractivity contribution in [3.8, 4) is 0 Å². The monoisotopic (exact) mass is 670 g/mol. The Morgan fingerprint density at radius 3 is 2.57 bits per heavy atom. The number of nitrogens with zero attached hydrogens (tertiary/aromatic N) is 3. The average molecular weight is 671 g/mol. The van der Waals surface area contributed by atoms with E-state index in [1.54, 1.807) is 5.38 Å². The van der Waals surface area contributed by atoms with Gasteiger partial charge in [0.15, 0.2) is 0 Å². The number of nitrogens with one attached hydrogen (secondary N) is 1. The molecule has 1 aliphatic carbocycles. The van der Waals surface area contributed by atoms with Gasteiger partial charge in [-0.25, -0.2) is 4.39 Å². The van der Waals surface area contributed by atoms with Crippen LogP contribution in [0.3, 0.4) is 0 Å². The molecule has 2 N–H and O–H groups in total. The third-order valence-electron chi connectivity index (χ3n) is 9.77. The van der Waals surface area contributed by atoms with E-state index in [4.69, 9.17) is 16.3 Å². The van der Waals surface area contributed by atoms with E-state index in [0.29, 0.717) is 44.4 Å². The maximum Gasteiger partial charge on any atom is 0.306 e. The predicted molar refractivity (Wildman–Crippen MR) is 177 cm³/mol. The topological polar surface area (TPSA) is 102 Å². The first kappa shape index (κ1) is 32.8. The second-order valence-electron chi connectivity index (χ2n) is 12.8. The Balaban J connectivity index is 1.12. The molecule has 0 bridgehead atoms. The zero-order valence-corrected chi connectivity index (χ0v) is 27.5. The largest absolute Gasteiger partial charge is 0.481 e. The van der Waals surface area contributed by atoms with Crippen molar-refractivity contribution in [2.75, 3.05) is 51.7 Å². The summed E-state index contributed by atoms with van der Waals surface area (Å²) in [6.45, 7) is 4.69. The van der Waals surface area contributed by atoms with E-state index in [-0.39, 0.29) is 58.6 Å². The van der Waals surface area contributed by atoms with Crippen LogP contribution >= 0.6 is 22.9 Å². The van der Waals surface area contributed by atoms with Gasteiger partial charge in [0.2, 0.25) is 5.91 Å². The first-order valence-electron chi connectivity index (χ1n) is 16.0. The number of carbonyl (C=O) groups is 3. The number of fused-ring (bicyclic) bond motifs is 1. The number of amides is 2. The number of aliphatic carboxylic acids is 1. The van der Waals surface area contributed by atoms with Gasteiger partial charge < -0.3 is 25.0 Å². The lowest BCUT2D eigenvalue weighted by molar-refractivity contribution is -0.144. The van der Waals surface area contributed by atoms with E-state index >= 15 is 4.39 Å². The van der Waals surface area contributed by atoms with Gasteiger partial charge in [0.05, 0.1) is 47.4 Å². The summed E-state index contributed by atoms with van der Waals surface area (Å²) in [4.78, 5) is 44.7. The van der Waals surface area contributed by atoms with Crippen molar-refractivity contribution in [2.45, 2.75) is 56.7 Å². The molecule has 2 atom stereocenters. The Hall–Kier alpha value is -3.09. The number of anilines is 1. The highest BCUT2D eigenvalue weighted by Crippen LogP contribution is 2.32. The van der Waals surface area contributed by atoms with Crippen molar-refractivity contribution in [2.24, 2.45) is 5.92 Å². The molecular weight excluding hydrogens is 631 g/mol. The number of hydrogen-bond donors (Lipinski definition) is 2. The van der Waals surface area contributed by atoms with Gasteiger partial charge in [-0.15, -0.1) is 11.3 Å². The maximum atomic E-state index is 15.4. The van der Waals surface area contributed by atoms with Crippen LogP contribution in [0.5, 0.6) is 0 Å². The molecule has 3 fully saturated rings. The number of halogens is 2. The quantitative estimate of drug-likeness (QED) is 0.316. The molecule has 6 rings (SSSR count). The molecular formula is C34H40ClFN4O5S. The fraction of sp³-hybridized carbons (Fsp3) is 0.500. The number of benzene rings is 2. The second-order valence-corrected chi connectivity index (χ2v) is 14.1. The lowest BCUT2D eigenvalue weighted by Crippen LogP contribution is -2.50. The molecule has 3 aliphatic rings. The number of piperazine rings is 1. The van der Waals surface area contributed by atoms with E-state index in [1.807, 2.05) is 29.2 Å². The summed E-state index contributed by atoms with van der Waals surface area (Å²) in [5.74, 6) is -2.26. The summed E-state index contributed by atoms with van der Waals surface area (Å²) >= 11 is 7.99. The highest BCUT2D eigenvalue weighted by Gasteiger charge is 2.39. The van der Waals surface area contributed by atoms with Gasteiger partial charge in [0, 0.05) is 54.2 Å². The van der Waals surface area contributed by atoms with Crippen LogP contribution in [-0.4, -0.2) is 102 Å². The minimum absolute atomic E-state index is 0.0266. The lowest BCUT2D eigenvalue weighted by Gasteiger charge is -2.36. The van der Waals surface area contributed by atoms with Gasteiger partial charge in [-0.3, -0.25) is 19.3 Å². The van der Waals surface area contributed by atoms with Crippen LogP contribution in [0.4, 0.5) is 10.1 Å². The van der Waals surface area contributed by atoms with Crippen molar-refractivity contribution in [1.82, 2.24) is 14.7 Å². The lowest BCUT2D eigenvalue weighted by atomic mass is 9.87. The Morgan fingerprint density at radius 2 is 1.83 bits per heavy atom. The number of likely N-dealkylation sites (tertiary alicyclic amines) is 1. The summed E-state index contributed by atoms with van der Waals surface area (Å²) in [5, 5.41) is 14.8. The van der Waals surface area contributed by atoms with Crippen LogP contribution in [0, 0.1) is 11.7 Å². The minimum Gasteiger partial charge on any atom is -0.481 e. The first-order chi connectivity index (χ1) is 22.2. The number of likely N-dealkylation sites (N-methyl/N-ethyl adjacent to an activating group) is 1. The molecule has 2 saturated heterocycles. The number of carbonyl (C=O) groups excluding carboxylic acids is 2. The number of carboxylic acid groups (broad SMARTS) is 1. The zero-order valence-electron chi connectivity index (χ0n) is 25.9. The number of hydrogen-bond acceptors (Lipinski definition) is 7. The maximum absolute atomic E-state index is 15.4. The number of ether oxygens (including phenoxy) is 1. The van der Waals surface area contributed by atoms with Crippen LogP contribution in [0.15, 0.2) is 41.8 Å². The highest BCUT2D eigenvalue weighted by atomic mass is 35.5. The molecule has 3 aromatic rings. The van der Waals surface area contributed by atoms with Crippen molar-refractivity contribution in [3.05, 3.63) is 63.7 Å². The molecule has 9 nitrogen and oxygen atoms in total. The summed E-state index contributed by atoms with van der Waals surface area (Å²) in [6.07, 6.45) is 3.15. The van der Waals surface area contributed by atoms with Gasteiger partial charge in [-0.1, -0.05) is 29.8 Å². The van der Waals surface area contributed by atoms with Crippen molar-refractivity contribution >= 4 is 56.5 Å². The molecule has 1 saturated carbocycles. The molecule has 1 unspecified atom stereocenters. The summed E-state index contributed by atoms with van der Waals surface area (Å²) in [6, 6.07) is 10.2. The minimum atomic E-state index is -0.750. The highest BCUT2D eigenvalue weighted by molar-refractivity contribution is 7.17. The van der Waals surface area contributed by atoms with Gasteiger partial charge in [0.25, 0.3) is 5.91 Å². The standard InChI is InChI=1S/C34H40ClFN4O5S/c1-38-10-12-39(13-11-38)23-16-24(19-45-25-8-6-21(7-9-25)34(43)44)40(18-23)32(41)15-22-14-28(35)30(17-29(22)36)37-33(42)27-20-46-31-5-3-2-4-26(27)31/h2-5,14,17,20-21,23-25H,6-13,15-16,18-19H2,1H3,(H,37,42)(H,43,44)/t21?,23-,24?,25?/m0/s1. The average Bonchev–Trinajstić information content (AvgIpc) is 3.68. The summed E-state index contributed by atoms with van der Waals surface area (Å²) in [7, 11) is 2.11. The molecule has 12 heteroatoms. The van der Waals surface area contributed by atoms with Crippen LogP contribution in [-0.2, 0) is 20.7 Å². The Labute approximate surface area is 277 Å². The zero-order chi connectivity index (χ0) is 32.4. The smallest absolute Gasteiger partial charge is 0.306 e. The SMILES string of the molecule is CN1CCN([C@H]2CC(COC3CCC(C(=O)O)CC3)N(C(=O)Cc3cc(Cl)c(NC(=O)c4csc5ccccc45)cc3F)C2)CC1. The summed E-state index contributed by atoms with van der Waals surface area (Å²) in [5.41, 5.74) is 0.808. The van der Waals surface area contributed by atoms with Crippen molar-refractivity contribution in [1.29, 1.82) is 0 Å². The summed E-state index contributed by atoms with van der Waals surface area (Å²) < 4.78 is 22.7. The van der Waals surface area contributed by atoms with E-state index in [9.17, 15) is 19.5 Å². The first-order valence-corrected chi connectivity index (χ1v) is 17.2. The van der Waals surface area contributed by atoms with E-state index in [1.165, 1.54) is 23.5 Å². The van der Waals surface area contributed by atoms with Crippen LogP contribution in [0.1, 0.15) is 48.0 Å².